The highest BCUT2D eigenvalue weighted by Crippen LogP contribution is 2.31. The van der Waals surface area contributed by atoms with Gasteiger partial charge in [-0.05, 0) is 54.4 Å². The summed E-state index contributed by atoms with van der Waals surface area (Å²) in [4.78, 5) is 11.8. The van der Waals surface area contributed by atoms with Gasteiger partial charge in [-0.3, -0.25) is 4.72 Å². The lowest BCUT2D eigenvalue weighted by Gasteiger charge is -2.11. The average Bonchev–Trinajstić information content (AvgIpc) is 2.68. The van der Waals surface area contributed by atoms with Crippen LogP contribution >= 0.6 is 23.2 Å². The van der Waals surface area contributed by atoms with Crippen LogP contribution in [-0.2, 0) is 14.8 Å². The molecular weight excluding hydrogens is 433 g/mol. The minimum absolute atomic E-state index is 0.0340. The molecule has 3 aromatic carbocycles. The van der Waals surface area contributed by atoms with Crippen LogP contribution < -0.4 is 4.72 Å². The van der Waals surface area contributed by atoms with Crippen molar-refractivity contribution in [3.63, 3.8) is 0 Å². The van der Waals surface area contributed by atoms with Crippen molar-refractivity contribution in [1.82, 2.24) is 0 Å². The molecule has 3 rings (SSSR count). The lowest BCUT2D eigenvalue weighted by atomic mass is 10.1. The van der Waals surface area contributed by atoms with Crippen molar-refractivity contribution in [3.05, 3.63) is 81.8 Å². The number of aryl methyl sites for hydroxylation is 1. The number of hydrogen-bond donors (Lipinski definition) is 1. The quantitative estimate of drug-likeness (QED) is 0.517. The third-order valence-corrected chi connectivity index (χ3v) is 6.23. The van der Waals surface area contributed by atoms with Crippen LogP contribution in [0, 0.1) is 6.92 Å². The Hall–Kier alpha value is -2.54. The van der Waals surface area contributed by atoms with Crippen molar-refractivity contribution < 1.29 is 17.9 Å². The van der Waals surface area contributed by atoms with E-state index in [0.29, 0.717) is 21.3 Å². The molecular formula is C21H17Cl2NO4S. The summed E-state index contributed by atoms with van der Waals surface area (Å²) < 4.78 is 32.7. The molecule has 0 saturated heterocycles. The summed E-state index contributed by atoms with van der Waals surface area (Å²) in [5.74, 6) is -0.594. The monoisotopic (exact) mass is 449 g/mol. The number of carbonyl (C=O) groups is 1. The molecule has 0 unspecified atom stereocenters. The van der Waals surface area contributed by atoms with Gasteiger partial charge in [-0.2, -0.15) is 0 Å². The van der Waals surface area contributed by atoms with Gasteiger partial charge in [0.05, 0.1) is 17.6 Å². The number of anilines is 1. The molecule has 5 nitrogen and oxygen atoms in total. The molecule has 0 aromatic heterocycles. The minimum Gasteiger partial charge on any atom is -0.465 e. The maximum absolute atomic E-state index is 12.7. The highest BCUT2D eigenvalue weighted by Gasteiger charge is 2.18. The lowest BCUT2D eigenvalue weighted by Crippen LogP contribution is -2.14. The summed E-state index contributed by atoms with van der Waals surface area (Å²) >= 11 is 12.1. The summed E-state index contributed by atoms with van der Waals surface area (Å²) in [6.45, 7) is 1.71. The van der Waals surface area contributed by atoms with Crippen molar-refractivity contribution in [2.75, 3.05) is 11.8 Å². The van der Waals surface area contributed by atoms with E-state index < -0.39 is 16.0 Å². The smallest absolute Gasteiger partial charge is 0.338 e. The Balaban J connectivity index is 1.87. The van der Waals surface area contributed by atoms with E-state index in [-0.39, 0.29) is 10.5 Å². The number of halogens is 2. The van der Waals surface area contributed by atoms with Gasteiger partial charge >= 0.3 is 5.97 Å². The summed E-state index contributed by atoms with van der Waals surface area (Å²) in [6, 6.07) is 16.2. The van der Waals surface area contributed by atoms with E-state index in [1.165, 1.54) is 19.2 Å². The molecule has 8 heteroatoms. The van der Waals surface area contributed by atoms with Gasteiger partial charge in [0.15, 0.2) is 0 Å². The first-order valence-electron chi connectivity index (χ1n) is 8.48. The molecule has 1 N–H and O–H groups in total. The summed E-state index contributed by atoms with van der Waals surface area (Å²) in [5.41, 5.74) is 2.80. The van der Waals surface area contributed by atoms with Gasteiger partial charge in [-0.25, -0.2) is 13.2 Å². The fourth-order valence-corrected chi connectivity index (χ4v) is 4.36. The van der Waals surface area contributed by atoms with Crippen molar-refractivity contribution in [2.24, 2.45) is 0 Å². The van der Waals surface area contributed by atoms with Crippen molar-refractivity contribution in [3.8, 4) is 11.1 Å². The number of nitrogens with one attached hydrogen (secondary N) is 1. The van der Waals surface area contributed by atoms with E-state index in [2.05, 4.69) is 4.72 Å². The number of sulfonamides is 1. The molecule has 0 saturated carbocycles. The normalized spacial score (nSPS) is 11.2. The number of ether oxygens (including phenoxy) is 1. The topological polar surface area (TPSA) is 72.5 Å². The molecule has 0 radical (unpaired) electrons. The van der Waals surface area contributed by atoms with Gasteiger partial charge in [0, 0.05) is 21.3 Å². The van der Waals surface area contributed by atoms with Gasteiger partial charge in [-0.15, -0.1) is 0 Å². The number of rotatable bonds is 5. The van der Waals surface area contributed by atoms with Gasteiger partial charge in [0.25, 0.3) is 10.0 Å². The molecule has 3 aromatic rings. The zero-order valence-electron chi connectivity index (χ0n) is 15.6. The van der Waals surface area contributed by atoms with Crippen molar-refractivity contribution in [1.29, 1.82) is 0 Å². The van der Waals surface area contributed by atoms with E-state index in [1.54, 1.807) is 55.5 Å². The maximum Gasteiger partial charge on any atom is 0.338 e. The van der Waals surface area contributed by atoms with E-state index in [4.69, 9.17) is 27.9 Å². The van der Waals surface area contributed by atoms with Gasteiger partial charge in [0.2, 0.25) is 0 Å². The molecule has 0 spiro atoms. The zero-order valence-corrected chi connectivity index (χ0v) is 17.9. The first-order chi connectivity index (χ1) is 13.7. The lowest BCUT2D eigenvalue weighted by molar-refractivity contribution is 0.0599. The van der Waals surface area contributed by atoms with Crippen LogP contribution in [0.3, 0.4) is 0 Å². The second-order valence-corrected chi connectivity index (χ2v) is 8.80. The molecule has 0 atom stereocenters. The second kappa shape index (κ2) is 8.45. The van der Waals surface area contributed by atoms with Crippen molar-refractivity contribution >= 4 is 44.9 Å². The molecule has 0 aliphatic rings. The molecule has 0 amide bonds. The molecule has 150 valence electrons. The van der Waals surface area contributed by atoms with Crippen LogP contribution in [0.1, 0.15) is 15.9 Å². The Bertz CT molecular complexity index is 1180. The number of hydrogen-bond acceptors (Lipinski definition) is 4. The predicted octanol–water partition coefficient (Wildman–Crippen LogP) is 5.56. The van der Waals surface area contributed by atoms with Gasteiger partial charge in [-0.1, -0.05) is 47.5 Å². The Morgan fingerprint density at radius 2 is 1.66 bits per heavy atom. The van der Waals surface area contributed by atoms with Crippen LogP contribution in [0.5, 0.6) is 0 Å². The highest BCUT2D eigenvalue weighted by molar-refractivity contribution is 7.92. The minimum atomic E-state index is -3.89. The fraction of sp³-hybridized carbons (Fsp3) is 0.0952. The standard InChI is InChI=1S/C21H17Cl2NO4S/c1-13-3-9-17(12-19(13)21(25)28-2)29(26,27)24-16-7-4-14(5-8-16)18-10-6-15(22)11-20(18)23/h3-12,24H,1-2H3. The first kappa shape index (κ1) is 21.2. The highest BCUT2D eigenvalue weighted by atomic mass is 35.5. The average molecular weight is 450 g/mol. The summed E-state index contributed by atoms with van der Waals surface area (Å²) in [7, 11) is -2.64. The largest absolute Gasteiger partial charge is 0.465 e. The van der Waals surface area contributed by atoms with E-state index in [1.807, 2.05) is 0 Å². The van der Waals surface area contributed by atoms with Crippen LogP contribution in [0.25, 0.3) is 11.1 Å². The Labute approximate surface area is 179 Å². The summed E-state index contributed by atoms with van der Waals surface area (Å²) in [6.07, 6.45) is 0. The fourth-order valence-electron chi connectivity index (χ4n) is 2.75. The molecule has 0 aliphatic carbocycles. The zero-order chi connectivity index (χ0) is 21.2. The Morgan fingerprint density at radius 3 is 2.28 bits per heavy atom. The SMILES string of the molecule is COC(=O)c1cc(S(=O)(=O)Nc2ccc(-c3ccc(Cl)cc3Cl)cc2)ccc1C. The third kappa shape index (κ3) is 4.72. The van der Waals surface area contributed by atoms with E-state index >= 15 is 0 Å². The number of carbonyl (C=O) groups excluding carboxylic acids is 1. The third-order valence-electron chi connectivity index (χ3n) is 4.30. The molecule has 0 bridgehead atoms. The number of methoxy groups -OCH3 is 1. The predicted molar refractivity (Wildman–Crippen MR) is 115 cm³/mol. The number of benzene rings is 3. The van der Waals surface area contributed by atoms with Crippen molar-refractivity contribution in [2.45, 2.75) is 11.8 Å². The first-order valence-corrected chi connectivity index (χ1v) is 10.7. The second-order valence-electron chi connectivity index (χ2n) is 6.28. The van der Waals surface area contributed by atoms with Crippen LogP contribution in [0.4, 0.5) is 5.69 Å². The van der Waals surface area contributed by atoms with Crippen LogP contribution in [0.2, 0.25) is 10.0 Å². The summed E-state index contributed by atoms with van der Waals surface area (Å²) in [5, 5.41) is 1.04. The molecule has 0 aliphatic heterocycles. The molecule has 29 heavy (non-hydrogen) atoms. The Kier molecular flexibility index (Phi) is 6.17. The van der Waals surface area contributed by atoms with E-state index in [0.717, 1.165) is 11.1 Å². The molecule has 0 heterocycles. The maximum atomic E-state index is 12.7. The van der Waals surface area contributed by atoms with Crippen LogP contribution in [-0.4, -0.2) is 21.5 Å². The molecule has 0 fully saturated rings. The van der Waals surface area contributed by atoms with Gasteiger partial charge < -0.3 is 4.74 Å². The van der Waals surface area contributed by atoms with E-state index in [9.17, 15) is 13.2 Å². The number of esters is 1. The van der Waals surface area contributed by atoms with Gasteiger partial charge in [0.1, 0.15) is 0 Å². The van der Waals surface area contributed by atoms with Crippen LogP contribution in [0.15, 0.2) is 65.6 Å². The Morgan fingerprint density at radius 1 is 0.966 bits per heavy atom.